The van der Waals surface area contributed by atoms with Gasteiger partial charge in [0.2, 0.25) is 18.0 Å². The van der Waals surface area contributed by atoms with Crippen LogP contribution in [0.5, 0.6) is 0 Å². The van der Waals surface area contributed by atoms with E-state index in [1.54, 1.807) is 0 Å². The molecule has 1 aromatic carbocycles. The number of aryl methyl sites for hydroxylation is 2. The summed E-state index contributed by atoms with van der Waals surface area (Å²) in [5.41, 5.74) is 3.02. The molecule has 8 atom stereocenters. The van der Waals surface area contributed by atoms with Gasteiger partial charge in [0, 0.05) is 56.5 Å². The molecular weight excluding hydrogens is 512 g/mol. The van der Waals surface area contributed by atoms with Crippen molar-refractivity contribution in [1.82, 2.24) is 4.90 Å². The molecule has 7 rings (SSSR count). The van der Waals surface area contributed by atoms with E-state index in [2.05, 4.69) is 50.8 Å². The first kappa shape index (κ1) is 27.9. The Kier molecular flexibility index (Phi) is 7.38. The first-order valence-corrected chi connectivity index (χ1v) is 15.1. The molecule has 0 N–H and O–H groups in total. The SMILES string of the molecule is Cc1ccc(C)c(N2CCN(C(=O)CCC(=O)O[C@@H]3O[C@@H]4O[C@]5(C)CC[C@H]6[C@H](C)CC[C@H]([C@H]3C)[C@@]46OO5)CC2)c1. The average Bonchev–Trinajstić information content (AvgIpc) is 3.17. The van der Waals surface area contributed by atoms with E-state index in [1.807, 2.05) is 11.8 Å². The van der Waals surface area contributed by atoms with Gasteiger partial charge < -0.3 is 24.0 Å². The molecule has 40 heavy (non-hydrogen) atoms. The first-order chi connectivity index (χ1) is 19.1. The van der Waals surface area contributed by atoms with Gasteiger partial charge in [-0.2, -0.15) is 0 Å². The zero-order valence-corrected chi connectivity index (χ0v) is 24.5. The van der Waals surface area contributed by atoms with Crippen LogP contribution >= 0.6 is 0 Å². The summed E-state index contributed by atoms with van der Waals surface area (Å²) in [5, 5.41) is 0. The molecule has 0 radical (unpaired) electrons. The number of rotatable bonds is 5. The number of esters is 1. The summed E-state index contributed by atoms with van der Waals surface area (Å²) in [6.45, 7) is 13.3. The van der Waals surface area contributed by atoms with E-state index in [1.165, 1.54) is 16.8 Å². The number of ether oxygens (including phenoxy) is 3. The number of benzene rings is 1. The van der Waals surface area contributed by atoms with Gasteiger partial charge in [0.15, 0.2) is 11.9 Å². The van der Waals surface area contributed by atoms with Crippen LogP contribution in [0.1, 0.15) is 70.4 Å². The lowest BCUT2D eigenvalue weighted by atomic mass is 9.58. The second kappa shape index (κ2) is 10.6. The largest absolute Gasteiger partial charge is 0.435 e. The van der Waals surface area contributed by atoms with E-state index in [-0.39, 0.29) is 36.5 Å². The Bertz CT molecular complexity index is 1140. The molecule has 1 amide bonds. The standard InChI is InChI=1S/C31H44N2O7/c1-19-6-7-21(3)25(18-19)32-14-16-33(17-15-32)26(34)10-11-27(35)36-28-22(4)24-9-8-20(2)23-12-13-30(5)38-29(37-28)31(23,24)40-39-30/h6-7,18,20,22-24,28-29H,8-17H2,1-5H3/t20-,22-,23+,24-,28-,29-,30+,31-/m1/s1. The zero-order chi connectivity index (χ0) is 28.2. The number of fused-ring (bicyclic) bond motifs is 2. The zero-order valence-electron chi connectivity index (χ0n) is 24.5. The molecule has 0 aromatic heterocycles. The lowest BCUT2D eigenvalue weighted by Gasteiger charge is -2.59. The quantitative estimate of drug-likeness (QED) is 0.388. The maximum atomic E-state index is 13.0. The predicted molar refractivity (Wildman–Crippen MR) is 147 cm³/mol. The second-order valence-corrected chi connectivity index (χ2v) is 12.9. The molecule has 1 aromatic rings. The van der Waals surface area contributed by atoms with Gasteiger partial charge in [0.1, 0.15) is 0 Å². The van der Waals surface area contributed by atoms with E-state index in [9.17, 15) is 9.59 Å². The van der Waals surface area contributed by atoms with Crippen molar-refractivity contribution in [3.8, 4) is 0 Å². The summed E-state index contributed by atoms with van der Waals surface area (Å²) in [7, 11) is 0. The van der Waals surface area contributed by atoms with Crippen molar-refractivity contribution in [3.05, 3.63) is 29.3 Å². The number of anilines is 1. The molecule has 5 saturated heterocycles. The maximum Gasteiger partial charge on any atom is 0.308 e. The Balaban J connectivity index is 1.04. The van der Waals surface area contributed by atoms with Gasteiger partial charge in [-0.05, 0) is 69.1 Å². The van der Waals surface area contributed by atoms with Gasteiger partial charge in [0.25, 0.3) is 0 Å². The molecule has 1 spiro atoms. The van der Waals surface area contributed by atoms with Crippen molar-refractivity contribution in [2.75, 3.05) is 31.1 Å². The smallest absolute Gasteiger partial charge is 0.308 e. The predicted octanol–water partition coefficient (Wildman–Crippen LogP) is 4.48. The van der Waals surface area contributed by atoms with Gasteiger partial charge in [0.05, 0.1) is 6.42 Å². The molecule has 5 aliphatic heterocycles. The number of carbonyl (C=O) groups is 2. The minimum absolute atomic E-state index is 0.0128. The Morgan fingerprint density at radius 3 is 2.55 bits per heavy atom. The van der Waals surface area contributed by atoms with Crippen molar-refractivity contribution in [1.29, 1.82) is 0 Å². The normalized spacial score (nSPS) is 38.9. The summed E-state index contributed by atoms with van der Waals surface area (Å²) in [6.07, 6.45) is 2.46. The Morgan fingerprint density at radius 1 is 1.00 bits per heavy atom. The van der Waals surface area contributed by atoms with Crippen molar-refractivity contribution >= 4 is 17.6 Å². The number of amides is 1. The molecule has 6 fully saturated rings. The molecule has 2 bridgehead atoms. The van der Waals surface area contributed by atoms with Crippen molar-refractivity contribution in [2.45, 2.75) is 97.1 Å². The van der Waals surface area contributed by atoms with Crippen LogP contribution < -0.4 is 4.90 Å². The van der Waals surface area contributed by atoms with Crippen LogP contribution in [0.25, 0.3) is 0 Å². The lowest BCUT2D eigenvalue weighted by Crippen LogP contribution is -2.70. The fraction of sp³-hybridized carbons (Fsp3) is 0.742. The Hall–Kier alpha value is -2.20. The van der Waals surface area contributed by atoms with Crippen LogP contribution in [-0.4, -0.2) is 66.9 Å². The first-order valence-electron chi connectivity index (χ1n) is 15.1. The van der Waals surface area contributed by atoms with Gasteiger partial charge >= 0.3 is 5.97 Å². The number of hydrogen-bond acceptors (Lipinski definition) is 8. The van der Waals surface area contributed by atoms with Crippen LogP contribution in [0.4, 0.5) is 5.69 Å². The van der Waals surface area contributed by atoms with E-state index in [4.69, 9.17) is 24.0 Å². The van der Waals surface area contributed by atoms with Crippen LogP contribution in [0.2, 0.25) is 0 Å². The monoisotopic (exact) mass is 556 g/mol. The molecule has 9 heteroatoms. The summed E-state index contributed by atoms with van der Waals surface area (Å²) < 4.78 is 18.6. The topological polar surface area (TPSA) is 86.8 Å². The summed E-state index contributed by atoms with van der Waals surface area (Å²) >= 11 is 0. The highest BCUT2D eigenvalue weighted by atomic mass is 17.3. The fourth-order valence-electron chi connectivity index (χ4n) is 7.82. The van der Waals surface area contributed by atoms with Crippen LogP contribution in [0.3, 0.4) is 0 Å². The van der Waals surface area contributed by atoms with E-state index < -0.39 is 29.9 Å². The average molecular weight is 557 g/mol. The molecule has 9 nitrogen and oxygen atoms in total. The number of nitrogens with zero attached hydrogens (tertiary/aromatic N) is 2. The maximum absolute atomic E-state index is 13.0. The highest BCUT2D eigenvalue weighted by Crippen LogP contribution is 2.60. The number of hydrogen-bond donors (Lipinski definition) is 0. The molecule has 0 unspecified atom stereocenters. The third-order valence-corrected chi connectivity index (χ3v) is 10.2. The molecule has 5 heterocycles. The number of carbonyl (C=O) groups excluding carboxylic acids is 2. The van der Waals surface area contributed by atoms with Crippen molar-refractivity contribution in [2.24, 2.45) is 23.7 Å². The summed E-state index contributed by atoms with van der Waals surface area (Å²) in [6, 6.07) is 6.47. The van der Waals surface area contributed by atoms with Crippen LogP contribution in [0, 0.1) is 37.5 Å². The molecular formula is C31H44N2O7. The molecule has 1 saturated carbocycles. The number of piperazine rings is 1. The molecule has 1 aliphatic carbocycles. The molecule has 6 aliphatic rings. The van der Waals surface area contributed by atoms with Crippen LogP contribution in [-0.2, 0) is 33.6 Å². The summed E-state index contributed by atoms with van der Waals surface area (Å²) in [4.78, 5) is 42.1. The second-order valence-electron chi connectivity index (χ2n) is 12.9. The Labute approximate surface area is 237 Å². The Morgan fingerprint density at radius 2 is 1.77 bits per heavy atom. The van der Waals surface area contributed by atoms with Gasteiger partial charge in [-0.15, -0.1) is 0 Å². The third-order valence-electron chi connectivity index (χ3n) is 10.2. The minimum atomic E-state index is -0.874. The fourth-order valence-corrected chi connectivity index (χ4v) is 7.82. The van der Waals surface area contributed by atoms with Crippen molar-refractivity contribution in [3.63, 3.8) is 0 Å². The van der Waals surface area contributed by atoms with Crippen LogP contribution in [0.15, 0.2) is 18.2 Å². The van der Waals surface area contributed by atoms with Crippen molar-refractivity contribution < 1.29 is 33.6 Å². The molecule has 220 valence electrons. The van der Waals surface area contributed by atoms with E-state index >= 15 is 0 Å². The highest BCUT2D eigenvalue weighted by Gasteiger charge is 2.69. The van der Waals surface area contributed by atoms with E-state index in [0.29, 0.717) is 19.0 Å². The minimum Gasteiger partial charge on any atom is -0.435 e. The van der Waals surface area contributed by atoms with E-state index in [0.717, 1.165) is 38.8 Å². The van der Waals surface area contributed by atoms with Gasteiger partial charge in [-0.3, -0.25) is 9.59 Å². The van der Waals surface area contributed by atoms with Gasteiger partial charge in [-0.1, -0.05) is 26.0 Å². The lowest BCUT2D eigenvalue weighted by molar-refractivity contribution is -0.576. The van der Waals surface area contributed by atoms with Gasteiger partial charge in [-0.25, -0.2) is 9.78 Å². The third kappa shape index (κ3) is 4.82. The summed E-state index contributed by atoms with van der Waals surface area (Å²) in [5.74, 6) is -0.579. The highest BCUT2D eigenvalue weighted by molar-refractivity contribution is 5.81.